The number of aliphatic carboxylic acids is 1. The summed E-state index contributed by atoms with van der Waals surface area (Å²) in [6.45, 7) is 1.77. The van der Waals surface area contributed by atoms with Crippen molar-refractivity contribution in [1.82, 2.24) is 15.1 Å². The Morgan fingerprint density at radius 2 is 2.00 bits per heavy atom. The maximum atomic E-state index is 12.5. The van der Waals surface area contributed by atoms with E-state index in [0.717, 1.165) is 5.69 Å². The molecule has 6 nitrogen and oxygen atoms in total. The van der Waals surface area contributed by atoms with E-state index >= 15 is 0 Å². The summed E-state index contributed by atoms with van der Waals surface area (Å²) in [5, 5.41) is 17.0. The number of amides is 1. The summed E-state index contributed by atoms with van der Waals surface area (Å²) in [4.78, 5) is 23.5. The van der Waals surface area contributed by atoms with Crippen LogP contribution in [0.5, 0.6) is 0 Å². The fraction of sp³-hybridized carbons (Fsp3) is 0.353. The molecule has 1 aliphatic rings. The maximum absolute atomic E-state index is 12.5. The maximum Gasteiger partial charge on any atom is 0.306 e. The monoisotopic (exact) mass is 347 g/mol. The van der Waals surface area contributed by atoms with Crippen molar-refractivity contribution in [2.45, 2.75) is 32.2 Å². The van der Waals surface area contributed by atoms with Gasteiger partial charge in [-0.15, -0.1) is 0 Å². The van der Waals surface area contributed by atoms with Crippen molar-refractivity contribution in [2.75, 3.05) is 0 Å². The lowest BCUT2D eigenvalue weighted by Gasteiger charge is -2.11. The predicted molar refractivity (Wildman–Crippen MR) is 89.5 cm³/mol. The predicted octanol–water partition coefficient (Wildman–Crippen LogP) is 2.82. The number of rotatable bonds is 4. The van der Waals surface area contributed by atoms with Crippen LogP contribution in [0.4, 0.5) is 0 Å². The fourth-order valence-corrected chi connectivity index (χ4v) is 3.14. The van der Waals surface area contributed by atoms with E-state index in [1.54, 1.807) is 29.9 Å². The first kappa shape index (κ1) is 16.5. The number of carboxylic acids is 1. The summed E-state index contributed by atoms with van der Waals surface area (Å²) in [6.07, 6.45) is 3.44. The number of benzene rings is 1. The van der Waals surface area contributed by atoms with Crippen LogP contribution in [0.1, 0.15) is 35.3 Å². The molecule has 0 saturated heterocycles. The molecule has 2 atom stereocenters. The molecule has 1 heterocycles. The van der Waals surface area contributed by atoms with Gasteiger partial charge in [-0.25, -0.2) is 4.68 Å². The molecule has 1 aromatic carbocycles. The first-order valence-electron chi connectivity index (χ1n) is 7.80. The topological polar surface area (TPSA) is 84.2 Å². The molecule has 1 fully saturated rings. The number of carbonyl (C=O) groups excluding carboxylic acids is 1. The van der Waals surface area contributed by atoms with E-state index in [4.69, 9.17) is 16.7 Å². The van der Waals surface area contributed by atoms with Crippen LogP contribution >= 0.6 is 11.6 Å². The molecule has 0 aliphatic heterocycles. The largest absolute Gasteiger partial charge is 0.481 e. The van der Waals surface area contributed by atoms with E-state index < -0.39 is 5.97 Å². The molecule has 0 radical (unpaired) electrons. The van der Waals surface area contributed by atoms with Gasteiger partial charge in [-0.2, -0.15) is 5.10 Å². The zero-order valence-corrected chi connectivity index (χ0v) is 14.0. The minimum Gasteiger partial charge on any atom is -0.481 e. The van der Waals surface area contributed by atoms with Crippen molar-refractivity contribution >= 4 is 23.5 Å². The quantitative estimate of drug-likeness (QED) is 0.890. The van der Waals surface area contributed by atoms with Gasteiger partial charge in [0.05, 0.1) is 22.9 Å². The third kappa shape index (κ3) is 3.43. The Bertz CT molecular complexity index is 770. The molecule has 24 heavy (non-hydrogen) atoms. The van der Waals surface area contributed by atoms with E-state index in [2.05, 4.69) is 10.4 Å². The summed E-state index contributed by atoms with van der Waals surface area (Å²) in [5.74, 6) is -1.38. The number of carbonyl (C=O) groups is 2. The number of aromatic nitrogens is 2. The molecule has 1 amide bonds. The van der Waals surface area contributed by atoms with Crippen molar-refractivity contribution in [3.8, 4) is 5.69 Å². The van der Waals surface area contributed by atoms with E-state index in [1.807, 2.05) is 12.1 Å². The van der Waals surface area contributed by atoms with Gasteiger partial charge in [-0.05, 0) is 50.5 Å². The van der Waals surface area contributed by atoms with Gasteiger partial charge in [0.2, 0.25) is 0 Å². The summed E-state index contributed by atoms with van der Waals surface area (Å²) in [6, 6.07) is 7.07. The van der Waals surface area contributed by atoms with E-state index in [-0.39, 0.29) is 17.9 Å². The molecule has 2 N–H and O–H groups in total. The molecule has 1 aromatic heterocycles. The molecule has 2 aromatic rings. The van der Waals surface area contributed by atoms with E-state index in [1.165, 1.54) is 0 Å². The molecule has 0 bridgehead atoms. The molecule has 3 rings (SSSR count). The smallest absolute Gasteiger partial charge is 0.306 e. The minimum atomic E-state index is -0.793. The Labute approximate surface area is 144 Å². The van der Waals surface area contributed by atoms with Crippen LogP contribution in [0.15, 0.2) is 30.5 Å². The second-order valence-corrected chi connectivity index (χ2v) is 6.50. The number of nitrogens with zero attached hydrogens (tertiary/aromatic N) is 2. The van der Waals surface area contributed by atoms with Gasteiger partial charge in [0, 0.05) is 17.3 Å². The Kier molecular flexibility index (Phi) is 4.57. The third-order valence-electron chi connectivity index (χ3n) is 4.35. The van der Waals surface area contributed by atoms with Crippen LogP contribution in [0.3, 0.4) is 0 Å². The Hall–Kier alpha value is -2.34. The molecule has 7 heteroatoms. The summed E-state index contributed by atoms with van der Waals surface area (Å²) < 4.78 is 1.63. The SMILES string of the molecule is Cc1nn(-c2ccc(Cl)cc2)cc1C(=O)N[C@@H]1CC[C@H](C(=O)O)C1. The molecule has 0 unspecified atom stereocenters. The molecule has 0 spiro atoms. The summed E-state index contributed by atoms with van der Waals surface area (Å²) in [5.41, 5.74) is 1.92. The Morgan fingerprint density at radius 1 is 1.29 bits per heavy atom. The zero-order valence-electron chi connectivity index (χ0n) is 13.2. The lowest BCUT2D eigenvalue weighted by molar-refractivity contribution is -0.141. The highest BCUT2D eigenvalue weighted by molar-refractivity contribution is 6.30. The highest BCUT2D eigenvalue weighted by Crippen LogP contribution is 2.26. The molecule has 1 saturated carbocycles. The second kappa shape index (κ2) is 6.65. The van der Waals surface area contributed by atoms with Crippen LogP contribution < -0.4 is 5.32 Å². The number of hydrogen-bond acceptors (Lipinski definition) is 3. The molecular formula is C17H18ClN3O3. The van der Waals surface area contributed by atoms with Gasteiger partial charge < -0.3 is 10.4 Å². The Balaban J connectivity index is 1.72. The summed E-state index contributed by atoms with van der Waals surface area (Å²) >= 11 is 5.88. The normalized spacial score (nSPS) is 20.1. The first-order valence-corrected chi connectivity index (χ1v) is 8.17. The van der Waals surface area contributed by atoms with Crippen LogP contribution in [0.25, 0.3) is 5.69 Å². The van der Waals surface area contributed by atoms with Crippen molar-refractivity contribution in [2.24, 2.45) is 5.92 Å². The number of halogens is 1. The van der Waals surface area contributed by atoms with Gasteiger partial charge in [0.15, 0.2) is 0 Å². The van der Waals surface area contributed by atoms with Crippen LogP contribution in [-0.4, -0.2) is 32.8 Å². The number of carboxylic acid groups (broad SMARTS) is 1. The third-order valence-corrected chi connectivity index (χ3v) is 4.60. The highest BCUT2D eigenvalue weighted by atomic mass is 35.5. The lowest BCUT2D eigenvalue weighted by Crippen LogP contribution is -2.33. The van der Waals surface area contributed by atoms with Gasteiger partial charge in [0.1, 0.15) is 0 Å². The second-order valence-electron chi connectivity index (χ2n) is 6.07. The number of nitrogens with one attached hydrogen (secondary N) is 1. The average Bonchev–Trinajstić information content (AvgIpc) is 3.15. The number of hydrogen-bond donors (Lipinski definition) is 2. The molecule has 1 aliphatic carbocycles. The standard InChI is InChI=1S/C17H18ClN3O3/c1-10-15(9-21(20-10)14-6-3-12(18)4-7-14)16(22)19-13-5-2-11(8-13)17(23)24/h3-4,6-7,9,11,13H,2,5,8H2,1H3,(H,19,22)(H,23,24)/t11-,13+/m0/s1. The van der Waals surface area contributed by atoms with Crippen molar-refractivity contribution in [3.05, 3.63) is 46.7 Å². The first-order chi connectivity index (χ1) is 11.4. The zero-order chi connectivity index (χ0) is 17.3. The summed E-state index contributed by atoms with van der Waals surface area (Å²) in [7, 11) is 0. The fourth-order valence-electron chi connectivity index (χ4n) is 3.01. The Morgan fingerprint density at radius 3 is 2.62 bits per heavy atom. The van der Waals surface area contributed by atoms with E-state index in [0.29, 0.717) is 35.5 Å². The van der Waals surface area contributed by atoms with Gasteiger partial charge in [-0.3, -0.25) is 9.59 Å². The van der Waals surface area contributed by atoms with Crippen molar-refractivity contribution < 1.29 is 14.7 Å². The van der Waals surface area contributed by atoms with Gasteiger partial charge >= 0.3 is 5.97 Å². The average molecular weight is 348 g/mol. The minimum absolute atomic E-state index is 0.100. The lowest BCUT2D eigenvalue weighted by atomic mass is 10.1. The van der Waals surface area contributed by atoms with Crippen LogP contribution in [0, 0.1) is 12.8 Å². The molecular weight excluding hydrogens is 330 g/mol. The van der Waals surface area contributed by atoms with Gasteiger partial charge in [0.25, 0.3) is 5.91 Å². The highest BCUT2D eigenvalue weighted by Gasteiger charge is 2.31. The van der Waals surface area contributed by atoms with Crippen LogP contribution in [0.2, 0.25) is 5.02 Å². The van der Waals surface area contributed by atoms with Gasteiger partial charge in [-0.1, -0.05) is 11.6 Å². The van der Waals surface area contributed by atoms with Crippen molar-refractivity contribution in [1.29, 1.82) is 0 Å². The van der Waals surface area contributed by atoms with E-state index in [9.17, 15) is 9.59 Å². The molecule has 126 valence electrons. The van der Waals surface area contributed by atoms with Crippen LogP contribution in [-0.2, 0) is 4.79 Å². The number of aryl methyl sites for hydroxylation is 1. The van der Waals surface area contributed by atoms with Crippen molar-refractivity contribution in [3.63, 3.8) is 0 Å².